The van der Waals surface area contributed by atoms with Crippen LogP contribution in [0.15, 0.2) is 34.9 Å². The number of benzene rings is 1. The van der Waals surface area contributed by atoms with E-state index in [1.807, 2.05) is 19.1 Å². The van der Waals surface area contributed by atoms with Gasteiger partial charge in [-0.1, -0.05) is 22.9 Å². The molecule has 2 amide bonds. The predicted octanol–water partition coefficient (Wildman–Crippen LogP) is 1.70. The van der Waals surface area contributed by atoms with Gasteiger partial charge >= 0.3 is 0 Å². The van der Waals surface area contributed by atoms with Crippen molar-refractivity contribution in [1.29, 1.82) is 0 Å². The minimum Gasteiger partial charge on any atom is -0.379 e. The summed E-state index contributed by atoms with van der Waals surface area (Å²) in [6.45, 7) is 7.86. The van der Waals surface area contributed by atoms with Gasteiger partial charge in [-0.25, -0.2) is 0 Å². The molecule has 1 N–H and O–H groups in total. The Bertz CT molecular complexity index is 797. The third kappa shape index (κ3) is 5.64. The highest BCUT2D eigenvalue weighted by atomic mass is 16.5. The fraction of sp³-hybridized carbons (Fsp3) is 0.450. The number of carbonyl (C=O) groups is 2. The number of nitrogens with zero attached hydrogens (tertiary/aromatic N) is 3. The first-order valence-electron chi connectivity index (χ1n) is 9.40. The van der Waals surface area contributed by atoms with Crippen molar-refractivity contribution in [2.24, 2.45) is 0 Å². The number of ether oxygens (including phenoxy) is 1. The molecule has 2 aromatic rings. The van der Waals surface area contributed by atoms with Crippen LogP contribution in [0.5, 0.6) is 0 Å². The van der Waals surface area contributed by atoms with Crippen molar-refractivity contribution in [2.45, 2.75) is 13.8 Å². The molecule has 0 aliphatic carbocycles. The lowest BCUT2D eigenvalue weighted by Gasteiger charge is -2.30. The Kier molecular flexibility index (Phi) is 6.78. The summed E-state index contributed by atoms with van der Waals surface area (Å²) in [5, 5.41) is 6.44. The van der Waals surface area contributed by atoms with Crippen LogP contribution in [0.4, 0.5) is 5.82 Å². The van der Waals surface area contributed by atoms with Gasteiger partial charge in [0.25, 0.3) is 5.91 Å². The van der Waals surface area contributed by atoms with E-state index < -0.39 is 0 Å². The average molecular weight is 386 g/mol. The first kappa shape index (κ1) is 20.0. The van der Waals surface area contributed by atoms with Crippen LogP contribution in [0.2, 0.25) is 0 Å². The lowest BCUT2D eigenvalue weighted by Crippen LogP contribution is -2.45. The van der Waals surface area contributed by atoms with Gasteiger partial charge in [0.2, 0.25) is 5.91 Å². The SMILES string of the molecule is Cc1ccc(C(=O)N(CCN2CCOCC2)CC(=O)Nc2cc(C)on2)cc1. The number of hydrogen-bond donors (Lipinski definition) is 1. The fourth-order valence-electron chi connectivity index (χ4n) is 3.00. The van der Waals surface area contributed by atoms with Gasteiger partial charge in [0, 0.05) is 37.8 Å². The summed E-state index contributed by atoms with van der Waals surface area (Å²) >= 11 is 0. The molecule has 8 heteroatoms. The Labute approximate surface area is 164 Å². The Morgan fingerprint density at radius 1 is 1.18 bits per heavy atom. The summed E-state index contributed by atoms with van der Waals surface area (Å²) in [5.74, 6) is 0.476. The highest BCUT2D eigenvalue weighted by Gasteiger charge is 2.21. The van der Waals surface area contributed by atoms with Gasteiger partial charge in [-0.3, -0.25) is 14.5 Å². The monoisotopic (exact) mass is 386 g/mol. The van der Waals surface area contributed by atoms with Crippen LogP contribution in [0.1, 0.15) is 21.7 Å². The molecule has 0 radical (unpaired) electrons. The third-order valence-corrected chi connectivity index (χ3v) is 4.61. The Morgan fingerprint density at radius 2 is 1.89 bits per heavy atom. The maximum atomic E-state index is 13.0. The van der Waals surface area contributed by atoms with Crippen LogP contribution in [0.3, 0.4) is 0 Å². The topological polar surface area (TPSA) is 87.9 Å². The van der Waals surface area contributed by atoms with Crippen LogP contribution in [-0.4, -0.2) is 72.7 Å². The van der Waals surface area contributed by atoms with Crippen LogP contribution >= 0.6 is 0 Å². The van der Waals surface area contributed by atoms with E-state index in [0.717, 1.165) is 18.7 Å². The quantitative estimate of drug-likeness (QED) is 0.779. The van der Waals surface area contributed by atoms with Crippen LogP contribution < -0.4 is 5.32 Å². The van der Waals surface area contributed by atoms with Gasteiger partial charge < -0.3 is 19.5 Å². The normalized spacial score (nSPS) is 14.6. The zero-order valence-corrected chi connectivity index (χ0v) is 16.3. The highest BCUT2D eigenvalue weighted by Crippen LogP contribution is 2.10. The Balaban J connectivity index is 1.66. The number of morpholine rings is 1. The molecule has 8 nitrogen and oxygen atoms in total. The molecule has 3 rings (SSSR count). The molecule has 1 aromatic carbocycles. The summed E-state index contributed by atoms with van der Waals surface area (Å²) in [7, 11) is 0. The molecule has 1 saturated heterocycles. The maximum absolute atomic E-state index is 13.0. The second kappa shape index (κ2) is 9.48. The van der Waals surface area contributed by atoms with E-state index in [1.54, 1.807) is 30.0 Å². The molecule has 1 fully saturated rings. The van der Waals surface area contributed by atoms with Crippen LogP contribution in [0, 0.1) is 13.8 Å². The summed E-state index contributed by atoms with van der Waals surface area (Å²) in [6, 6.07) is 9.01. The molecule has 2 heterocycles. The Morgan fingerprint density at radius 3 is 2.54 bits per heavy atom. The molecule has 1 aromatic heterocycles. The molecule has 1 aliphatic heterocycles. The molecule has 0 bridgehead atoms. The number of hydrogen-bond acceptors (Lipinski definition) is 6. The van der Waals surface area contributed by atoms with Gasteiger partial charge in [0.05, 0.1) is 13.2 Å². The second-order valence-electron chi connectivity index (χ2n) is 6.92. The lowest BCUT2D eigenvalue weighted by atomic mass is 10.1. The molecule has 0 atom stereocenters. The van der Waals surface area contributed by atoms with E-state index >= 15 is 0 Å². The largest absolute Gasteiger partial charge is 0.379 e. The number of rotatable bonds is 7. The van der Waals surface area contributed by atoms with E-state index in [1.165, 1.54) is 0 Å². The van der Waals surface area contributed by atoms with Crippen molar-refractivity contribution in [3.63, 3.8) is 0 Å². The first-order chi connectivity index (χ1) is 13.5. The van der Waals surface area contributed by atoms with Crippen LogP contribution in [0.25, 0.3) is 0 Å². The average Bonchev–Trinajstić information content (AvgIpc) is 3.10. The standard InChI is InChI=1S/C20H26N4O4/c1-15-3-5-17(6-4-15)20(26)24(8-7-23-9-11-27-12-10-23)14-19(25)21-18-13-16(2)28-22-18/h3-6,13H,7-12,14H2,1-2H3,(H,21,22,25). The van der Waals surface area contributed by atoms with E-state index in [4.69, 9.17) is 9.26 Å². The summed E-state index contributed by atoms with van der Waals surface area (Å²) in [4.78, 5) is 29.2. The lowest BCUT2D eigenvalue weighted by molar-refractivity contribution is -0.117. The summed E-state index contributed by atoms with van der Waals surface area (Å²) < 4.78 is 10.3. The number of nitrogens with one attached hydrogen (secondary N) is 1. The minimum absolute atomic E-state index is 0.0526. The molecule has 1 aliphatic rings. The highest BCUT2D eigenvalue weighted by molar-refractivity contribution is 5.99. The number of carbonyl (C=O) groups excluding carboxylic acids is 2. The van der Waals surface area contributed by atoms with Crippen molar-refractivity contribution < 1.29 is 18.8 Å². The van der Waals surface area contributed by atoms with Gasteiger partial charge in [0.1, 0.15) is 12.3 Å². The van der Waals surface area contributed by atoms with Gasteiger partial charge in [-0.15, -0.1) is 0 Å². The number of aryl methyl sites for hydroxylation is 2. The molecular weight excluding hydrogens is 360 g/mol. The van der Waals surface area contributed by atoms with E-state index in [2.05, 4.69) is 15.4 Å². The Hall–Kier alpha value is -2.71. The van der Waals surface area contributed by atoms with E-state index in [0.29, 0.717) is 43.4 Å². The van der Waals surface area contributed by atoms with Gasteiger partial charge in [-0.05, 0) is 26.0 Å². The molecule has 28 heavy (non-hydrogen) atoms. The molecular formula is C20H26N4O4. The smallest absolute Gasteiger partial charge is 0.254 e. The third-order valence-electron chi connectivity index (χ3n) is 4.61. The predicted molar refractivity (Wildman–Crippen MR) is 104 cm³/mol. The van der Waals surface area contributed by atoms with Crippen molar-refractivity contribution in [3.05, 3.63) is 47.2 Å². The number of aromatic nitrogens is 1. The second-order valence-corrected chi connectivity index (χ2v) is 6.92. The van der Waals surface area contributed by atoms with Crippen molar-refractivity contribution >= 4 is 17.6 Å². The van der Waals surface area contributed by atoms with E-state index in [-0.39, 0.29) is 18.4 Å². The zero-order valence-electron chi connectivity index (χ0n) is 16.3. The fourth-order valence-corrected chi connectivity index (χ4v) is 3.00. The first-order valence-corrected chi connectivity index (χ1v) is 9.40. The molecule has 0 unspecified atom stereocenters. The molecule has 150 valence electrons. The molecule has 0 spiro atoms. The van der Waals surface area contributed by atoms with Crippen LogP contribution in [-0.2, 0) is 9.53 Å². The van der Waals surface area contributed by atoms with Gasteiger partial charge in [-0.2, -0.15) is 0 Å². The van der Waals surface area contributed by atoms with Crippen molar-refractivity contribution in [3.8, 4) is 0 Å². The van der Waals surface area contributed by atoms with Crippen molar-refractivity contribution in [1.82, 2.24) is 15.0 Å². The van der Waals surface area contributed by atoms with Gasteiger partial charge in [0.15, 0.2) is 5.82 Å². The minimum atomic E-state index is -0.310. The summed E-state index contributed by atoms with van der Waals surface area (Å²) in [6.07, 6.45) is 0. The summed E-state index contributed by atoms with van der Waals surface area (Å²) in [5.41, 5.74) is 1.65. The zero-order chi connectivity index (χ0) is 19.9. The van der Waals surface area contributed by atoms with E-state index in [9.17, 15) is 9.59 Å². The number of amides is 2. The number of anilines is 1. The van der Waals surface area contributed by atoms with Crippen molar-refractivity contribution in [2.75, 3.05) is 51.3 Å². The molecule has 0 saturated carbocycles. The maximum Gasteiger partial charge on any atom is 0.254 e.